The van der Waals surface area contributed by atoms with E-state index in [4.69, 9.17) is 61.4 Å². The number of benzene rings is 2. The monoisotopic (exact) mass is 1250 g/mol. The van der Waals surface area contributed by atoms with Crippen LogP contribution >= 0.6 is 80.9 Å². The van der Waals surface area contributed by atoms with E-state index in [1.807, 2.05) is 57.9 Å². The molecule has 2 aliphatic heterocycles. The van der Waals surface area contributed by atoms with Crippen LogP contribution in [0.1, 0.15) is 61.2 Å². The Bertz CT molecular complexity index is 2690. The van der Waals surface area contributed by atoms with Crippen molar-refractivity contribution in [2.24, 2.45) is 0 Å². The van der Waals surface area contributed by atoms with E-state index in [0.717, 1.165) is 84.9 Å². The third-order valence-corrected chi connectivity index (χ3v) is 14.8. The molecule has 2 fully saturated rings. The van der Waals surface area contributed by atoms with Crippen LogP contribution in [0.4, 0.5) is 21.6 Å². The third kappa shape index (κ3) is 20.5. The molecule has 8 rings (SSSR count). The summed E-state index contributed by atoms with van der Waals surface area (Å²) in [5, 5.41) is 22.6. The van der Waals surface area contributed by atoms with Crippen LogP contribution in [0.2, 0.25) is 15.7 Å². The molecule has 70 heavy (non-hydrogen) atoms. The standard InChI is InChI=1S/C20H22BrClN5O2P.C16H22N3O2P.C4HBrCl2N2.CH3F.CH2O3.CH4.2K.H/c1-30(2,28)17-11-13(16-8-9-24-27(16)18-5-3-4-10-29-18)6-7-15(17)25-19-14(21)12-23-20(22)26-19;1-22(2,20)15-11-12(6-7-13(15)17)14-8-9-18-19(14)16-5-3-4-10-21-16;5-2-1-8-4(7)9-3(2)6;1-2;2-1-4-3;;;;/h6-9,11-12,18H,3-5,10H2,1-2H3,(H,23,25,26);6-9,11,16H,3-5,10,17H2,1-2H3;1H;1H3;1,3H;1H4;;;/q;;;;;;2*+1;-1/p-1/i;;;1D;;;;;. The number of carbonyl (C=O) groups is 1. The molecule has 2 atom stereocenters. The Morgan fingerprint density at radius 1 is 0.829 bits per heavy atom. The minimum Gasteiger partial charge on any atom is -1.00 e. The van der Waals surface area contributed by atoms with Gasteiger partial charge in [0.05, 0.1) is 34.5 Å². The van der Waals surface area contributed by atoms with Gasteiger partial charge in [-0.25, -0.2) is 24.3 Å². The maximum atomic E-state index is 13.1. The van der Waals surface area contributed by atoms with Crippen LogP contribution in [0.5, 0.6) is 0 Å². The van der Waals surface area contributed by atoms with Gasteiger partial charge >= 0.3 is 103 Å². The summed E-state index contributed by atoms with van der Waals surface area (Å²) in [5.74, 6) is 0.512. The Morgan fingerprint density at radius 3 is 1.71 bits per heavy atom. The molecule has 2 aliphatic rings. The number of aromatic nitrogens is 8. The van der Waals surface area contributed by atoms with E-state index in [-0.39, 0.29) is 141 Å². The number of nitrogens with two attached hydrogens (primary N) is 1. The summed E-state index contributed by atoms with van der Waals surface area (Å²) < 4.78 is 57.9. The summed E-state index contributed by atoms with van der Waals surface area (Å²) in [6.45, 7) is 8.32. The van der Waals surface area contributed by atoms with Crippen molar-refractivity contribution in [1.82, 2.24) is 39.5 Å². The Labute approximate surface area is 527 Å². The van der Waals surface area contributed by atoms with Gasteiger partial charge in [-0.15, -0.1) is 0 Å². The van der Waals surface area contributed by atoms with E-state index in [1.54, 1.807) is 45.2 Å². The molecule has 0 spiro atoms. The van der Waals surface area contributed by atoms with Gasteiger partial charge in [-0.2, -0.15) is 15.2 Å². The van der Waals surface area contributed by atoms with Gasteiger partial charge in [0, 0.05) is 65.4 Å². The van der Waals surface area contributed by atoms with Crippen LogP contribution in [0.3, 0.4) is 0 Å². The molecule has 6 heterocycles. The Morgan fingerprint density at radius 2 is 1.29 bits per heavy atom. The molecule has 3 N–H and O–H groups in total. The molecular weight excluding hydrogens is 1190 g/mol. The number of hydrogen-bond acceptors (Lipinski definition) is 15. The molecule has 2 aromatic carbocycles. The zero-order chi connectivity index (χ0) is 50.0. The van der Waals surface area contributed by atoms with E-state index in [1.165, 1.54) is 6.20 Å². The van der Waals surface area contributed by atoms with Crippen LogP contribution in [0.15, 0.2) is 82.3 Å². The van der Waals surface area contributed by atoms with E-state index in [0.29, 0.717) is 31.3 Å². The summed E-state index contributed by atoms with van der Waals surface area (Å²) >= 11 is 23.4. The smallest absolute Gasteiger partial charge is 1.00 e. The molecule has 0 aliphatic carbocycles. The molecular formula is C43H54Br2Cl3FK2N10O7P2. The summed E-state index contributed by atoms with van der Waals surface area (Å²) in [4.78, 5) is 26.7. The average Bonchev–Trinajstić information content (AvgIpc) is 4.02. The van der Waals surface area contributed by atoms with Gasteiger partial charge in [0.2, 0.25) is 10.6 Å². The predicted octanol–water partition coefficient (Wildman–Crippen LogP) is 4.85. The van der Waals surface area contributed by atoms with Crippen LogP contribution in [-0.4, -0.2) is 93.0 Å². The summed E-state index contributed by atoms with van der Waals surface area (Å²) in [7, 11) is -6.03. The number of rotatable bonds is 9. The normalized spacial score (nSPS) is 15.2. The van der Waals surface area contributed by atoms with Crippen molar-refractivity contribution in [3.05, 3.63) is 98.0 Å². The third-order valence-electron chi connectivity index (χ3n) is 9.66. The summed E-state index contributed by atoms with van der Waals surface area (Å²) in [6.07, 6.45) is 12.9. The second-order valence-electron chi connectivity index (χ2n) is 15.1. The second-order valence-corrected chi connectivity index (χ2v) is 24.2. The van der Waals surface area contributed by atoms with Crippen molar-refractivity contribution < 1.29 is 144 Å². The van der Waals surface area contributed by atoms with E-state index < -0.39 is 21.4 Å². The molecule has 2 saturated heterocycles. The number of carbonyl (C=O) groups excluding carboxylic acids is 1. The maximum absolute atomic E-state index is 13.1. The van der Waals surface area contributed by atoms with Gasteiger partial charge in [-0.1, -0.05) is 31.2 Å². The minimum atomic E-state index is -2.61. The fourth-order valence-corrected chi connectivity index (χ4v) is 9.90. The fourth-order valence-electron chi connectivity index (χ4n) is 6.68. The second kappa shape index (κ2) is 33.5. The largest absolute Gasteiger partial charge is 1.00 e. The molecule has 0 radical (unpaired) electrons. The zero-order valence-electron chi connectivity index (χ0n) is 40.7. The van der Waals surface area contributed by atoms with Crippen molar-refractivity contribution in [3.8, 4) is 22.5 Å². The number of ether oxygens (including phenoxy) is 2. The van der Waals surface area contributed by atoms with Gasteiger partial charge in [-0.05, 0) is 157 Å². The molecule has 17 nitrogen and oxygen atoms in total. The van der Waals surface area contributed by atoms with Gasteiger partial charge in [-0.3, -0.25) is 9.18 Å². The van der Waals surface area contributed by atoms with Crippen molar-refractivity contribution in [1.29, 1.82) is 0 Å². The number of hydrogen-bond donors (Lipinski definition) is 2. The molecule has 372 valence electrons. The molecule has 0 bridgehead atoms. The topological polar surface area (TPSA) is 227 Å². The molecule has 0 amide bonds. The molecule has 27 heteroatoms. The number of nitrogens with one attached hydrogen (secondary N) is 1. The SMILES string of the molecule is C.CP(C)(=O)c1cc(-c2ccnn2C2CCCCO2)ccc1N.CP(C)(=O)c1cc(-c2ccnn2C2CCCCO2)ccc1Nc1nc(Cl)ncc1Br.Clc1ncc(Br)c(Cl)n1.O=CO[O-].[2H]CF.[H-].[K+].[K+]. The van der Waals surface area contributed by atoms with Gasteiger partial charge in [0.15, 0.2) is 12.5 Å². The quantitative estimate of drug-likeness (QED) is 0.0289. The number of nitrogens with zero attached hydrogens (tertiary/aromatic N) is 8. The number of anilines is 3. The zero-order valence-corrected chi connectivity index (χ0v) is 52.2. The first kappa shape index (κ1) is 65.6. The minimum absolute atomic E-state index is 0. The molecule has 4 aromatic heterocycles. The maximum Gasteiger partial charge on any atom is 1.00 e. The first-order valence-corrected chi connectivity index (χ1v) is 28.1. The number of halogens is 6. The van der Waals surface area contributed by atoms with Crippen molar-refractivity contribution in [2.75, 3.05) is 58.1 Å². The first-order valence-electron chi connectivity index (χ1n) is 20.8. The number of alkyl halides is 1. The van der Waals surface area contributed by atoms with E-state index in [2.05, 4.69) is 72.2 Å². The fraction of sp³-hybridized carbons (Fsp3) is 0.372. The molecule has 2 unspecified atom stereocenters. The Hall–Kier alpha value is -0.537. The molecule has 0 saturated carbocycles. The van der Waals surface area contributed by atoms with Crippen LogP contribution < -0.4 is 130 Å². The van der Waals surface area contributed by atoms with E-state index in [9.17, 15) is 13.5 Å². The first-order chi connectivity index (χ1) is 32.3. The van der Waals surface area contributed by atoms with Crippen molar-refractivity contribution >= 4 is 115 Å². The van der Waals surface area contributed by atoms with Crippen LogP contribution in [-0.2, 0) is 28.3 Å². The molecule has 6 aromatic rings. The van der Waals surface area contributed by atoms with Gasteiger partial charge in [0.1, 0.15) is 25.3 Å². The van der Waals surface area contributed by atoms with Crippen molar-refractivity contribution in [3.63, 3.8) is 0 Å². The van der Waals surface area contributed by atoms with Gasteiger partial charge < -0.3 is 41.2 Å². The van der Waals surface area contributed by atoms with Gasteiger partial charge in [0.25, 0.3) is 6.47 Å². The van der Waals surface area contributed by atoms with E-state index >= 15 is 0 Å². The average molecular weight is 1250 g/mol. The Balaban J connectivity index is 0.00000105. The summed E-state index contributed by atoms with van der Waals surface area (Å²) in [5.41, 5.74) is 11.1. The van der Waals surface area contributed by atoms with Crippen LogP contribution in [0.25, 0.3) is 22.5 Å². The Kier molecular flexibility index (Phi) is 31.4. The van der Waals surface area contributed by atoms with Crippen molar-refractivity contribution in [2.45, 2.75) is 58.4 Å². The predicted molar refractivity (Wildman–Crippen MR) is 275 cm³/mol. The number of nitrogen functional groups attached to an aromatic ring is 1. The van der Waals surface area contributed by atoms with Crippen LogP contribution in [0, 0.1) is 0 Å². The summed E-state index contributed by atoms with van der Waals surface area (Å²) in [6, 6.07) is 15.5.